The molecule has 2 nitrogen and oxygen atoms in total. The number of rotatable bonds is 0. The topological polar surface area (TPSA) is 59.6 Å². The molecule has 0 radical (unpaired) electrons. The van der Waals surface area contributed by atoms with Gasteiger partial charge in [0.1, 0.15) is 0 Å². The molecular formula is C3H11NOTi. The van der Waals surface area contributed by atoms with Crippen LogP contribution in [0.25, 0.3) is 0 Å². The van der Waals surface area contributed by atoms with Crippen molar-refractivity contribution < 1.29 is 26.8 Å². The van der Waals surface area contributed by atoms with Gasteiger partial charge in [-0.2, -0.15) is 0 Å². The maximum Gasteiger partial charge on any atom is 0 e. The van der Waals surface area contributed by atoms with Gasteiger partial charge in [0.15, 0.2) is 0 Å². The fourth-order valence-electron chi connectivity index (χ4n) is 0. The summed E-state index contributed by atoms with van der Waals surface area (Å²) in [7, 11) is 0. The molecule has 0 aliphatic heterocycles. The molecule has 38 valence electrons. The molecule has 0 saturated heterocycles. The SMILES string of the molecule is CC(C)[O-].[NH4+].[Ti]. The molecule has 0 aromatic heterocycles. The van der Waals surface area contributed by atoms with Crippen LogP contribution in [0.5, 0.6) is 0 Å². The molecule has 0 spiro atoms. The van der Waals surface area contributed by atoms with Crippen molar-refractivity contribution in [3.8, 4) is 0 Å². The van der Waals surface area contributed by atoms with Crippen molar-refractivity contribution in [2.24, 2.45) is 0 Å². The summed E-state index contributed by atoms with van der Waals surface area (Å²) in [5.74, 6) is 0. The molecule has 0 aromatic rings. The minimum Gasteiger partial charge on any atom is -0.852 e. The van der Waals surface area contributed by atoms with Gasteiger partial charge in [-0.25, -0.2) is 0 Å². The van der Waals surface area contributed by atoms with Crippen molar-refractivity contribution in [3.63, 3.8) is 0 Å². The largest absolute Gasteiger partial charge is 0.852 e. The van der Waals surface area contributed by atoms with Gasteiger partial charge in [-0.15, -0.1) is 6.10 Å². The maximum atomic E-state index is 9.53. The Labute approximate surface area is 53.4 Å². The molecule has 3 heteroatoms. The standard InChI is InChI=1S/C3H7O.H3N.Ti/c1-3(2)4;;/h3H,1-2H3;1H3;/q-1;;/p+1. The molecule has 0 amide bonds. The molecule has 0 aliphatic carbocycles. The Bertz CT molecular complexity index is 15.5. The molecule has 0 atom stereocenters. The summed E-state index contributed by atoms with van der Waals surface area (Å²) in [6.07, 6.45) is -0.417. The predicted molar refractivity (Wildman–Crippen MR) is 21.1 cm³/mol. The van der Waals surface area contributed by atoms with Gasteiger partial charge >= 0.3 is 0 Å². The van der Waals surface area contributed by atoms with Crippen LogP contribution >= 0.6 is 0 Å². The first-order valence-electron chi connectivity index (χ1n) is 1.39. The number of hydrogen-bond acceptors (Lipinski definition) is 1. The summed E-state index contributed by atoms with van der Waals surface area (Å²) < 4.78 is 0. The smallest absolute Gasteiger partial charge is 0 e. The van der Waals surface area contributed by atoms with E-state index in [2.05, 4.69) is 0 Å². The van der Waals surface area contributed by atoms with E-state index in [1.165, 1.54) is 0 Å². The van der Waals surface area contributed by atoms with Gasteiger partial charge in [0.25, 0.3) is 0 Å². The summed E-state index contributed by atoms with van der Waals surface area (Å²) >= 11 is 0. The Morgan fingerprint density at radius 2 is 1.33 bits per heavy atom. The summed E-state index contributed by atoms with van der Waals surface area (Å²) in [6.45, 7) is 3.22. The van der Waals surface area contributed by atoms with Crippen molar-refractivity contribution in [2.45, 2.75) is 20.0 Å². The fourth-order valence-corrected chi connectivity index (χ4v) is 0. The average Bonchev–Trinajstić information content (AvgIpc) is 0.811. The van der Waals surface area contributed by atoms with Gasteiger partial charge in [0.2, 0.25) is 0 Å². The molecule has 0 heterocycles. The van der Waals surface area contributed by atoms with Gasteiger partial charge in [-0.05, 0) is 0 Å². The molecule has 0 fully saturated rings. The Morgan fingerprint density at radius 3 is 1.33 bits per heavy atom. The zero-order valence-electron chi connectivity index (χ0n) is 4.49. The van der Waals surface area contributed by atoms with E-state index in [4.69, 9.17) is 0 Å². The van der Waals surface area contributed by atoms with Crippen LogP contribution in [0.3, 0.4) is 0 Å². The Balaban J connectivity index is -0.0000000450. The van der Waals surface area contributed by atoms with Crippen LogP contribution in [0.1, 0.15) is 13.8 Å². The van der Waals surface area contributed by atoms with E-state index >= 15 is 0 Å². The van der Waals surface area contributed by atoms with E-state index in [1.807, 2.05) is 0 Å². The quantitative estimate of drug-likeness (QED) is 0.459. The summed E-state index contributed by atoms with van der Waals surface area (Å²) in [6, 6.07) is 0. The van der Waals surface area contributed by atoms with Crippen LogP contribution < -0.4 is 11.3 Å². The molecule has 0 unspecified atom stereocenters. The second kappa shape index (κ2) is 9.16. The van der Waals surface area contributed by atoms with Gasteiger partial charge in [-0.3, -0.25) is 0 Å². The van der Waals surface area contributed by atoms with Gasteiger partial charge < -0.3 is 11.3 Å². The van der Waals surface area contributed by atoms with Gasteiger partial charge in [0.05, 0.1) is 0 Å². The zero-order chi connectivity index (χ0) is 3.58. The molecule has 0 bridgehead atoms. The van der Waals surface area contributed by atoms with E-state index in [0.717, 1.165) is 0 Å². The minimum absolute atomic E-state index is 0. The van der Waals surface area contributed by atoms with Crippen molar-refractivity contribution in [1.82, 2.24) is 6.15 Å². The first-order valence-corrected chi connectivity index (χ1v) is 1.39. The monoisotopic (exact) mass is 125 g/mol. The van der Waals surface area contributed by atoms with E-state index < -0.39 is 6.10 Å². The minimum atomic E-state index is -0.417. The van der Waals surface area contributed by atoms with Crippen LogP contribution in [0.4, 0.5) is 0 Å². The van der Waals surface area contributed by atoms with E-state index in [1.54, 1.807) is 13.8 Å². The predicted octanol–water partition coefficient (Wildman–Crippen LogP) is 0.129. The molecule has 6 heavy (non-hydrogen) atoms. The van der Waals surface area contributed by atoms with Crippen LogP contribution in [-0.2, 0) is 21.7 Å². The van der Waals surface area contributed by atoms with Crippen molar-refractivity contribution >= 4 is 0 Å². The first-order chi connectivity index (χ1) is 1.73. The maximum absolute atomic E-state index is 9.53. The summed E-state index contributed by atoms with van der Waals surface area (Å²) in [5, 5.41) is 9.53. The zero-order valence-corrected chi connectivity index (χ0v) is 6.05. The normalized spacial score (nSPS) is 6.00. The third kappa shape index (κ3) is 152. The Kier molecular flexibility index (Phi) is 24.3. The third-order valence-electron chi connectivity index (χ3n) is 0. The second-order valence-corrected chi connectivity index (χ2v) is 1.05. The van der Waals surface area contributed by atoms with Crippen LogP contribution in [0.2, 0.25) is 0 Å². The van der Waals surface area contributed by atoms with Crippen LogP contribution in [0.15, 0.2) is 0 Å². The molecular weight excluding hydrogens is 114 g/mol. The van der Waals surface area contributed by atoms with Gasteiger partial charge in [0, 0.05) is 21.7 Å². The van der Waals surface area contributed by atoms with Crippen molar-refractivity contribution in [3.05, 3.63) is 0 Å². The third-order valence-corrected chi connectivity index (χ3v) is 0. The Hall–Kier alpha value is 0.634. The summed E-state index contributed by atoms with van der Waals surface area (Å²) in [5.41, 5.74) is 0. The second-order valence-electron chi connectivity index (χ2n) is 1.05. The molecule has 0 rings (SSSR count). The molecule has 0 aliphatic rings. The first kappa shape index (κ1) is 15.9. The van der Waals surface area contributed by atoms with Crippen molar-refractivity contribution in [2.75, 3.05) is 0 Å². The van der Waals surface area contributed by atoms with Crippen LogP contribution in [0, 0.1) is 0 Å². The molecule has 0 saturated carbocycles. The Morgan fingerprint density at radius 1 is 1.33 bits per heavy atom. The number of hydrogen-bond donors (Lipinski definition) is 1. The molecule has 0 aromatic carbocycles. The fraction of sp³-hybridized carbons (Fsp3) is 1.00. The average molecular weight is 125 g/mol. The van der Waals surface area contributed by atoms with E-state index in [0.29, 0.717) is 0 Å². The summed E-state index contributed by atoms with van der Waals surface area (Å²) in [4.78, 5) is 0. The van der Waals surface area contributed by atoms with Gasteiger partial charge in [-0.1, -0.05) is 13.8 Å². The molecule has 4 N–H and O–H groups in total. The van der Waals surface area contributed by atoms with Crippen molar-refractivity contribution in [1.29, 1.82) is 0 Å². The van der Waals surface area contributed by atoms with E-state index in [-0.39, 0.29) is 27.9 Å². The number of quaternary nitrogens is 1. The van der Waals surface area contributed by atoms with E-state index in [9.17, 15) is 5.11 Å². The van der Waals surface area contributed by atoms with Crippen LogP contribution in [-0.4, -0.2) is 6.10 Å².